The smallest absolute Gasteiger partial charge is 0.131 e. The molecule has 0 aliphatic rings. The number of halogens is 1. The van der Waals surface area contributed by atoms with Crippen molar-refractivity contribution in [2.24, 2.45) is 11.7 Å². The van der Waals surface area contributed by atoms with Gasteiger partial charge in [-0.05, 0) is 31.4 Å². The molecule has 0 heterocycles. The number of ether oxygens (including phenoxy) is 1. The van der Waals surface area contributed by atoms with Crippen molar-refractivity contribution < 1.29 is 9.13 Å². The molecule has 2 N–H and O–H groups in total. The van der Waals surface area contributed by atoms with Crippen molar-refractivity contribution in [3.05, 3.63) is 29.6 Å². The van der Waals surface area contributed by atoms with Gasteiger partial charge in [-0.25, -0.2) is 4.39 Å². The molecule has 2 nitrogen and oxygen atoms in total. The molecule has 1 aromatic rings. The lowest BCUT2D eigenvalue weighted by Gasteiger charge is -2.19. The van der Waals surface area contributed by atoms with Gasteiger partial charge in [0.2, 0.25) is 0 Å². The number of hydrogen-bond donors (Lipinski definition) is 1. The van der Waals surface area contributed by atoms with Crippen LogP contribution in [-0.4, -0.2) is 6.61 Å². The van der Waals surface area contributed by atoms with Gasteiger partial charge in [-0.3, -0.25) is 0 Å². The van der Waals surface area contributed by atoms with Gasteiger partial charge in [-0.1, -0.05) is 39.2 Å². The lowest BCUT2D eigenvalue weighted by Crippen LogP contribution is -2.15. The second-order valence-electron chi connectivity index (χ2n) is 5.17. The van der Waals surface area contributed by atoms with Gasteiger partial charge in [-0.2, -0.15) is 0 Å². The highest BCUT2D eigenvalue weighted by Crippen LogP contribution is 2.27. The topological polar surface area (TPSA) is 35.2 Å². The Bertz CT molecular complexity index is 379. The van der Waals surface area contributed by atoms with Crippen molar-refractivity contribution in [2.75, 3.05) is 6.61 Å². The molecule has 0 spiro atoms. The summed E-state index contributed by atoms with van der Waals surface area (Å²) < 4.78 is 19.6. The summed E-state index contributed by atoms with van der Waals surface area (Å²) in [5.41, 5.74) is 6.29. The molecule has 1 rings (SSSR count). The highest BCUT2D eigenvalue weighted by Gasteiger charge is 2.15. The first kappa shape index (κ1) is 16.0. The average Bonchev–Trinajstić information content (AvgIpc) is 2.38. The van der Waals surface area contributed by atoms with Gasteiger partial charge >= 0.3 is 0 Å². The molecule has 108 valence electrons. The van der Waals surface area contributed by atoms with Gasteiger partial charge in [0.15, 0.2) is 0 Å². The van der Waals surface area contributed by atoms with Crippen LogP contribution in [-0.2, 0) is 0 Å². The Kier molecular flexibility index (Phi) is 6.85. The second kappa shape index (κ2) is 8.16. The van der Waals surface area contributed by atoms with Crippen molar-refractivity contribution in [1.29, 1.82) is 0 Å². The second-order valence-corrected chi connectivity index (χ2v) is 5.17. The molecule has 0 amide bonds. The highest BCUT2D eigenvalue weighted by atomic mass is 19.1. The third kappa shape index (κ3) is 4.83. The molecule has 19 heavy (non-hydrogen) atoms. The fraction of sp³-hybridized carbons (Fsp3) is 0.625. The number of benzene rings is 1. The Morgan fingerprint density at radius 1 is 1.32 bits per heavy atom. The Balaban J connectivity index is 2.68. The van der Waals surface area contributed by atoms with E-state index < -0.39 is 0 Å². The molecule has 0 saturated heterocycles. The Morgan fingerprint density at radius 3 is 2.63 bits per heavy atom. The summed E-state index contributed by atoms with van der Waals surface area (Å²) >= 11 is 0. The number of hydrogen-bond acceptors (Lipinski definition) is 2. The first-order chi connectivity index (χ1) is 9.10. The number of unbranched alkanes of at least 4 members (excludes halogenated alkanes) is 1. The third-order valence-electron chi connectivity index (χ3n) is 3.49. The molecule has 0 fully saturated rings. The molecule has 0 aliphatic carbocycles. The monoisotopic (exact) mass is 267 g/mol. The predicted octanol–water partition coefficient (Wildman–Crippen LogP) is 4.44. The number of nitrogens with two attached hydrogens (primary N) is 1. The van der Waals surface area contributed by atoms with Crippen LogP contribution in [0.1, 0.15) is 58.1 Å². The van der Waals surface area contributed by atoms with Crippen LogP contribution in [0.2, 0.25) is 0 Å². The van der Waals surface area contributed by atoms with Crippen LogP contribution >= 0.6 is 0 Å². The average molecular weight is 267 g/mol. The maximum atomic E-state index is 13.7. The van der Waals surface area contributed by atoms with E-state index in [1.54, 1.807) is 19.1 Å². The molecular weight excluding hydrogens is 241 g/mol. The van der Waals surface area contributed by atoms with Crippen LogP contribution in [0.5, 0.6) is 5.75 Å². The molecule has 3 heteroatoms. The first-order valence-electron chi connectivity index (χ1n) is 7.26. The Morgan fingerprint density at radius 2 is 2.05 bits per heavy atom. The quantitative estimate of drug-likeness (QED) is 0.755. The van der Waals surface area contributed by atoms with Gasteiger partial charge in [0.05, 0.1) is 6.61 Å². The van der Waals surface area contributed by atoms with Crippen molar-refractivity contribution in [3.63, 3.8) is 0 Å². The fourth-order valence-electron chi connectivity index (χ4n) is 2.19. The van der Waals surface area contributed by atoms with Crippen LogP contribution in [0.25, 0.3) is 0 Å². The zero-order valence-corrected chi connectivity index (χ0v) is 12.3. The van der Waals surface area contributed by atoms with Crippen LogP contribution in [0.3, 0.4) is 0 Å². The van der Waals surface area contributed by atoms with Crippen LogP contribution < -0.4 is 10.5 Å². The van der Waals surface area contributed by atoms with E-state index in [9.17, 15) is 4.39 Å². The number of rotatable bonds is 8. The van der Waals surface area contributed by atoms with E-state index >= 15 is 0 Å². The summed E-state index contributed by atoms with van der Waals surface area (Å²) in [6.45, 7) is 6.77. The molecule has 2 atom stereocenters. The van der Waals surface area contributed by atoms with E-state index in [1.807, 2.05) is 0 Å². The van der Waals surface area contributed by atoms with Gasteiger partial charge in [0, 0.05) is 11.6 Å². The lowest BCUT2D eigenvalue weighted by atomic mass is 10.0. The molecule has 0 aromatic heterocycles. The van der Waals surface area contributed by atoms with Crippen molar-refractivity contribution in [1.82, 2.24) is 0 Å². The Labute approximate surface area is 116 Å². The van der Waals surface area contributed by atoms with E-state index in [0.29, 0.717) is 23.8 Å². The molecule has 2 unspecified atom stereocenters. The van der Waals surface area contributed by atoms with Crippen molar-refractivity contribution >= 4 is 0 Å². The molecular formula is C16H26FNO. The normalized spacial score (nSPS) is 14.2. The van der Waals surface area contributed by atoms with Gasteiger partial charge in [-0.15, -0.1) is 0 Å². The lowest BCUT2D eigenvalue weighted by molar-refractivity contribution is 0.229. The fourth-order valence-corrected chi connectivity index (χ4v) is 2.19. The summed E-state index contributed by atoms with van der Waals surface area (Å²) in [5, 5.41) is 0. The van der Waals surface area contributed by atoms with E-state index in [4.69, 9.17) is 10.5 Å². The highest BCUT2D eigenvalue weighted by molar-refractivity contribution is 5.36. The maximum Gasteiger partial charge on any atom is 0.131 e. The van der Waals surface area contributed by atoms with Gasteiger partial charge in [0.25, 0.3) is 0 Å². The SMILES string of the molecule is CCCCC(CC)COc1cccc(F)c1C(C)N. The Hall–Kier alpha value is -1.09. The molecule has 0 radical (unpaired) electrons. The van der Waals surface area contributed by atoms with E-state index in [1.165, 1.54) is 18.9 Å². The zero-order chi connectivity index (χ0) is 14.3. The standard InChI is InChI=1S/C16H26FNO/c1-4-6-8-13(5-2)11-19-15-10-7-9-14(17)16(15)12(3)18/h7,9-10,12-13H,4-6,8,11,18H2,1-3H3. The minimum atomic E-state index is -0.355. The minimum Gasteiger partial charge on any atom is -0.493 e. The van der Waals surface area contributed by atoms with Gasteiger partial charge in [0.1, 0.15) is 11.6 Å². The van der Waals surface area contributed by atoms with Crippen molar-refractivity contribution in [2.45, 2.75) is 52.5 Å². The van der Waals surface area contributed by atoms with Gasteiger partial charge < -0.3 is 10.5 Å². The minimum absolute atomic E-state index is 0.283. The molecule has 0 saturated carbocycles. The van der Waals surface area contributed by atoms with Crippen LogP contribution in [0.4, 0.5) is 4.39 Å². The van der Waals surface area contributed by atoms with E-state index in [0.717, 1.165) is 12.8 Å². The third-order valence-corrected chi connectivity index (χ3v) is 3.49. The summed E-state index contributed by atoms with van der Waals surface area (Å²) in [6.07, 6.45) is 4.66. The van der Waals surface area contributed by atoms with E-state index in [-0.39, 0.29) is 11.9 Å². The summed E-state index contributed by atoms with van der Waals surface area (Å²) in [4.78, 5) is 0. The summed E-state index contributed by atoms with van der Waals surface area (Å²) in [5.74, 6) is 0.836. The predicted molar refractivity (Wildman–Crippen MR) is 77.8 cm³/mol. The summed E-state index contributed by atoms with van der Waals surface area (Å²) in [6, 6.07) is 4.55. The summed E-state index contributed by atoms with van der Waals surface area (Å²) in [7, 11) is 0. The molecule has 0 aliphatic heterocycles. The zero-order valence-electron chi connectivity index (χ0n) is 12.3. The van der Waals surface area contributed by atoms with Crippen LogP contribution in [0, 0.1) is 11.7 Å². The van der Waals surface area contributed by atoms with E-state index in [2.05, 4.69) is 13.8 Å². The van der Waals surface area contributed by atoms with Crippen LogP contribution in [0.15, 0.2) is 18.2 Å². The maximum absolute atomic E-state index is 13.7. The largest absolute Gasteiger partial charge is 0.493 e. The first-order valence-corrected chi connectivity index (χ1v) is 7.26. The molecule has 1 aromatic carbocycles. The van der Waals surface area contributed by atoms with Crippen molar-refractivity contribution in [3.8, 4) is 5.75 Å². The molecule has 0 bridgehead atoms.